The van der Waals surface area contributed by atoms with Crippen molar-refractivity contribution < 1.29 is 9.50 Å². The molecule has 1 aromatic rings. The molecule has 3 heteroatoms. The van der Waals surface area contributed by atoms with E-state index in [1.807, 2.05) is 13.8 Å². The van der Waals surface area contributed by atoms with Crippen LogP contribution in [0.15, 0.2) is 18.2 Å². The van der Waals surface area contributed by atoms with E-state index in [4.69, 9.17) is 5.11 Å². The number of halogens is 1. The lowest BCUT2D eigenvalue weighted by atomic mass is 10.0. The Bertz CT molecular complexity index is 325. The Kier molecular flexibility index (Phi) is 4.09. The van der Waals surface area contributed by atoms with Crippen LogP contribution < -0.4 is 5.32 Å². The Labute approximate surface area is 90.1 Å². The van der Waals surface area contributed by atoms with Gasteiger partial charge < -0.3 is 10.4 Å². The molecule has 0 fully saturated rings. The number of hydrogen-bond donors (Lipinski definition) is 2. The summed E-state index contributed by atoms with van der Waals surface area (Å²) in [4.78, 5) is 0. The van der Waals surface area contributed by atoms with Crippen molar-refractivity contribution in [3.63, 3.8) is 0 Å². The van der Waals surface area contributed by atoms with Crippen LogP contribution in [0.2, 0.25) is 0 Å². The molecular weight excluding hydrogens is 193 g/mol. The van der Waals surface area contributed by atoms with E-state index in [2.05, 4.69) is 5.32 Å². The van der Waals surface area contributed by atoms with Gasteiger partial charge in [-0.05, 0) is 36.6 Å². The largest absolute Gasteiger partial charge is 0.394 e. The Morgan fingerprint density at radius 2 is 2.07 bits per heavy atom. The number of aryl methyl sites for hydroxylation is 1. The fourth-order valence-corrected chi connectivity index (χ4v) is 1.37. The standard InChI is InChI=1S/C12H18FNO/c1-8(2)12(7-15)14-10-4-5-11(13)9(3)6-10/h4-6,8,12,14-15H,7H2,1-3H3. The monoisotopic (exact) mass is 211 g/mol. The van der Waals surface area contributed by atoms with Gasteiger partial charge in [0.15, 0.2) is 0 Å². The van der Waals surface area contributed by atoms with Gasteiger partial charge in [0, 0.05) is 5.69 Å². The van der Waals surface area contributed by atoms with E-state index in [9.17, 15) is 4.39 Å². The average Bonchev–Trinajstić information content (AvgIpc) is 2.19. The van der Waals surface area contributed by atoms with E-state index >= 15 is 0 Å². The van der Waals surface area contributed by atoms with Crippen LogP contribution in [0.3, 0.4) is 0 Å². The minimum Gasteiger partial charge on any atom is -0.394 e. The highest BCUT2D eigenvalue weighted by atomic mass is 19.1. The first-order chi connectivity index (χ1) is 7.04. The van der Waals surface area contributed by atoms with Gasteiger partial charge >= 0.3 is 0 Å². The Morgan fingerprint density at radius 3 is 2.53 bits per heavy atom. The molecule has 84 valence electrons. The highest BCUT2D eigenvalue weighted by Crippen LogP contribution is 2.16. The summed E-state index contributed by atoms with van der Waals surface area (Å²) in [7, 11) is 0. The van der Waals surface area contributed by atoms with Crippen molar-refractivity contribution in [3.8, 4) is 0 Å². The Balaban J connectivity index is 2.75. The van der Waals surface area contributed by atoms with Crippen molar-refractivity contribution in [2.75, 3.05) is 11.9 Å². The number of anilines is 1. The maximum absolute atomic E-state index is 13.0. The van der Waals surface area contributed by atoms with Gasteiger partial charge in [0.2, 0.25) is 0 Å². The molecule has 0 bridgehead atoms. The number of aliphatic hydroxyl groups is 1. The molecule has 0 aliphatic rings. The Morgan fingerprint density at radius 1 is 1.40 bits per heavy atom. The van der Waals surface area contributed by atoms with Crippen LogP contribution in [-0.4, -0.2) is 17.8 Å². The molecule has 1 aromatic carbocycles. The summed E-state index contributed by atoms with van der Waals surface area (Å²) in [6.45, 7) is 5.87. The second-order valence-corrected chi connectivity index (χ2v) is 4.14. The lowest BCUT2D eigenvalue weighted by molar-refractivity contribution is 0.249. The molecule has 1 unspecified atom stereocenters. The zero-order valence-electron chi connectivity index (χ0n) is 9.42. The summed E-state index contributed by atoms with van der Waals surface area (Å²) in [6, 6.07) is 4.88. The van der Waals surface area contributed by atoms with E-state index < -0.39 is 0 Å². The predicted molar refractivity (Wildman–Crippen MR) is 60.5 cm³/mol. The summed E-state index contributed by atoms with van der Waals surface area (Å²) >= 11 is 0. The smallest absolute Gasteiger partial charge is 0.126 e. The van der Waals surface area contributed by atoms with Crippen LogP contribution >= 0.6 is 0 Å². The highest BCUT2D eigenvalue weighted by molar-refractivity contribution is 5.46. The molecule has 0 amide bonds. The van der Waals surface area contributed by atoms with Gasteiger partial charge in [0.25, 0.3) is 0 Å². The topological polar surface area (TPSA) is 32.3 Å². The minimum absolute atomic E-state index is 0.00913. The van der Waals surface area contributed by atoms with Crippen LogP contribution in [0.4, 0.5) is 10.1 Å². The van der Waals surface area contributed by atoms with Crippen molar-refractivity contribution in [3.05, 3.63) is 29.6 Å². The van der Waals surface area contributed by atoms with Crippen molar-refractivity contribution in [1.29, 1.82) is 0 Å². The first-order valence-electron chi connectivity index (χ1n) is 5.18. The van der Waals surface area contributed by atoms with Gasteiger partial charge in [0.1, 0.15) is 5.82 Å². The van der Waals surface area contributed by atoms with Gasteiger partial charge in [0.05, 0.1) is 12.6 Å². The predicted octanol–water partition coefficient (Wildman–Crippen LogP) is 2.56. The molecule has 1 atom stereocenters. The summed E-state index contributed by atoms with van der Waals surface area (Å²) in [5.41, 5.74) is 1.46. The van der Waals surface area contributed by atoms with Gasteiger partial charge in [-0.25, -0.2) is 4.39 Å². The van der Waals surface area contributed by atoms with Crippen molar-refractivity contribution in [2.45, 2.75) is 26.8 Å². The maximum atomic E-state index is 13.0. The van der Waals surface area contributed by atoms with Gasteiger partial charge in [-0.1, -0.05) is 13.8 Å². The summed E-state index contributed by atoms with van der Waals surface area (Å²) in [6.07, 6.45) is 0. The summed E-state index contributed by atoms with van der Waals surface area (Å²) in [5.74, 6) is 0.131. The van der Waals surface area contributed by atoms with E-state index in [1.54, 1.807) is 19.1 Å². The third-order valence-corrected chi connectivity index (χ3v) is 2.51. The third kappa shape index (κ3) is 3.20. The number of aliphatic hydroxyl groups excluding tert-OH is 1. The van der Waals surface area contributed by atoms with E-state index in [1.165, 1.54) is 6.07 Å². The lowest BCUT2D eigenvalue weighted by Gasteiger charge is -2.21. The molecule has 0 saturated heterocycles. The molecule has 0 heterocycles. The zero-order valence-corrected chi connectivity index (χ0v) is 9.42. The third-order valence-electron chi connectivity index (χ3n) is 2.51. The Hall–Kier alpha value is -1.09. The highest BCUT2D eigenvalue weighted by Gasteiger charge is 2.11. The number of nitrogens with one attached hydrogen (secondary N) is 1. The molecule has 0 saturated carbocycles. The van der Waals surface area contributed by atoms with E-state index in [-0.39, 0.29) is 18.5 Å². The molecular formula is C12H18FNO. The molecule has 2 N–H and O–H groups in total. The molecule has 1 rings (SSSR count). The molecule has 0 spiro atoms. The molecule has 0 aliphatic carbocycles. The first-order valence-corrected chi connectivity index (χ1v) is 5.18. The van der Waals surface area contributed by atoms with Crippen molar-refractivity contribution in [2.24, 2.45) is 5.92 Å². The number of rotatable bonds is 4. The van der Waals surface area contributed by atoms with Gasteiger partial charge in [-0.2, -0.15) is 0 Å². The summed E-state index contributed by atoms with van der Waals surface area (Å²) in [5, 5.41) is 12.3. The lowest BCUT2D eigenvalue weighted by Crippen LogP contribution is -2.29. The summed E-state index contributed by atoms with van der Waals surface area (Å²) < 4.78 is 13.0. The zero-order chi connectivity index (χ0) is 11.4. The van der Waals surface area contributed by atoms with Gasteiger partial charge in [-0.15, -0.1) is 0 Å². The minimum atomic E-state index is -0.203. The van der Waals surface area contributed by atoms with Crippen LogP contribution in [0.5, 0.6) is 0 Å². The second-order valence-electron chi connectivity index (χ2n) is 4.14. The maximum Gasteiger partial charge on any atom is 0.126 e. The SMILES string of the molecule is Cc1cc(NC(CO)C(C)C)ccc1F. The number of hydrogen-bond acceptors (Lipinski definition) is 2. The second kappa shape index (κ2) is 5.12. The van der Waals surface area contributed by atoms with Crippen LogP contribution in [0.1, 0.15) is 19.4 Å². The van der Waals surface area contributed by atoms with Crippen LogP contribution in [-0.2, 0) is 0 Å². The first kappa shape index (κ1) is 12.0. The molecule has 2 nitrogen and oxygen atoms in total. The average molecular weight is 211 g/mol. The van der Waals surface area contributed by atoms with Crippen molar-refractivity contribution >= 4 is 5.69 Å². The van der Waals surface area contributed by atoms with Gasteiger partial charge in [-0.3, -0.25) is 0 Å². The van der Waals surface area contributed by atoms with E-state index in [0.717, 1.165) is 5.69 Å². The molecule has 15 heavy (non-hydrogen) atoms. The number of benzene rings is 1. The fraction of sp³-hybridized carbons (Fsp3) is 0.500. The van der Waals surface area contributed by atoms with Crippen LogP contribution in [0.25, 0.3) is 0 Å². The van der Waals surface area contributed by atoms with E-state index in [0.29, 0.717) is 11.5 Å². The normalized spacial score (nSPS) is 12.9. The van der Waals surface area contributed by atoms with Crippen molar-refractivity contribution in [1.82, 2.24) is 0 Å². The van der Waals surface area contributed by atoms with Crippen LogP contribution in [0, 0.1) is 18.7 Å². The molecule has 0 aliphatic heterocycles. The molecule has 0 aromatic heterocycles. The fourth-order valence-electron chi connectivity index (χ4n) is 1.37. The molecule has 0 radical (unpaired) electrons. The quantitative estimate of drug-likeness (QED) is 0.802.